The largest absolute Gasteiger partial charge is 0.484 e. The summed E-state index contributed by atoms with van der Waals surface area (Å²) in [6, 6.07) is 13.7. The van der Waals surface area contributed by atoms with Crippen LogP contribution in [-0.2, 0) is 9.59 Å². The van der Waals surface area contributed by atoms with Gasteiger partial charge in [0.15, 0.2) is 6.61 Å². The second-order valence-corrected chi connectivity index (χ2v) is 5.98. The van der Waals surface area contributed by atoms with E-state index >= 15 is 0 Å². The van der Waals surface area contributed by atoms with Gasteiger partial charge in [0.25, 0.3) is 5.91 Å². The molecule has 1 amide bonds. The maximum atomic E-state index is 11.8. The number of anilines is 1. The van der Waals surface area contributed by atoms with Gasteiger partial charge in [0.05, 0.1) is 5.75 Å². The van der Waals surface area contributed by atoms with Crippen molar-refractivity contribution in [2.24, 2.45) is 0 Å². The molecule has 0 radical (unpaired) electrons. The van der Waals surface area contributed by atoms with Crippen LogP contribution >= 0.6 is 23.4 Å². The number of rotatable bonds is 7. The molecular weight excluding hydrogens is 338 g/mol. The molecule has 2 N–H and O–H groups in total. The van der Waals surface area contributed by atoms with Gasteiger partial charge in [-0.15, -0.1) is 11.8 Å². The van der Waals surface area contributed by atoms with Gasteiger partial charge in [0.1, 0.15) is 5.75 Å². The van der Waals surface area contributed by atoms with Crippen molar-refractivity contribution in [3.05, 3.63) is 53.6 Å². The normalized spacial score (nSPS) is 10.1. The van der Waals surface area contributed by atoms with Crippen LogP contribution in [-0.4, -0.2) is 29.3 Å². The lowest BCUT2D eigenvalue weighted by atomic mass is 10.3. The highest BCUT2D eigenvalue weighted by Crippen LogP contribution is 2.20. The monoisotopic (exact) mass is 351 g/mol. The van der Waals surface area contributed by atoms with Crippen LogP contribution in [0.5, 0.6) is 5.75 Å². The Hall–Kier alpha value is -2.18. The van der Waals surface area contributed by atoms with E-state index in [1.54, 1.807) is 48.5 Å². The number of carbonyl (C=O) groups excluding carboxylic acids is 1. The summed E-state index contributed by atoms with van der Waals surface area (Å²) >= 11 is 6.98. The van der Waals surface area contributed by atoms with Crippen LogP contribution in [0.1, 0.15) is 0 Å². The molecule has 0 saturated heterocycles. The SMILES string of the molecule is O=C(O)CSc1ccc(NC(=O)COc2ccc(Cl)cc2)cc1. The van der Waals surface area contributed by atoms with Crippen LogP contribution in [0, 0.1) is 0 Å². The molecule has 2 rings (SSSR count). The summed E-state index contributed by atoms with van der Waals surface area (Å²) in [5.41, 5.74) is 0.620. The number of hydrogen-bond acceptors (Lipinski definition) is 4. The molecule has 0 atom stereocenters. The molecule has 7 heteroatoms. The Labute approximate surface area is 142 Å². The zero-order chi connectivity index (χ0) is 16.7. The lowest BCUT2D eigenvalue weighted by Gasteiger charge is -2.08. The molecule has 0 spiro atoms. The van der Waals surface area contributed by atoms with Crippen molar-refractivity contribution in [2.45, 2.75) is 4.90 Å². The fourth-order valence-electron chi connectivity index (χ4n) is 1.66. The predicted molar refractivity (Wildman–Crippen MR) is 90.4 cm³/mol. The Balaban J connectivity index is 1.80. The highest BCUT2D eigenvalue weighted by molar-refractivity contribution is 8.00. The first-order chi connectivity index (χ1) is 11.0. The van der Waals surface area contributed by atoms with Crippen molar-refractivity contribution in [3.63, 3.8) is 0 Å². The number of aliphatic carboxylic acids is 1. The third-order valence-corrected chi connectivity index (χ3v) is 3.93. The fourth-order valence-corrected chi connectivity index (χ4v) is 2.40. The van der Waals surface area contributed by atoms with E-state index in [1.807, 2.05) is 0 Å². The van der Waals surface area contributed by atoms with Crippen LogP contribution < -0.4 is 10.1 Å². The Bertz CT molecular complexity index is 673. The maximum absolute atomic E-state index is 11.8. The molecule has 0 heterocycles. The van der Waals surface area contributed by atoms with Gasteiger partial charge >= 0.3 is 5.97 Å². The van der Waals surface area contributed by atoms with Crippen LogP contribution in [0.3, 0.4) is 0 Å². The number of carboxylic acids is 1. The van der Waals surface area contributed by atoms with Gasteiger partial charge in [-0.25, -0.2) is 0 Å². The fraction of sp³-hybridized carbons (Fsp3) is 0.125. The molecule has 0 aromatic heterocycles. The molecule has 23 heavy (non-hydrogen) atoms. The molecule has 2 aromatic rings. The average Bonchev–Trinajstić information content (AvgIpc) is 2.53. The number of halogens is 1. The second kappa shape index (κ2) is 8.45. The smallest absolute Gasteiger partial charge is 0.313 e. The van der Waals surface area contributed by atoms with E-state index in [4.69, 9.17) is 21.4 Å². The molecule has 0 saturated carbocycles. The van der Waals surface area contributed by atoms with E-state index in [0.29, 0.717) is 16.5 Å². The summed E-state index contributed by atoms with van der Waals surface area (Å²) in [5.74, 6) is -0.594. The van der Waals surface area contributed by atoms with Crippen molar-refractivity contribution in [2.75, 3.05) is 17.7 Å². The lowest BCUT2D eigenvalue weighted by molar-refractivity contribution is -0.133. The quantitative estimate of drug-likeness (QED) is 0.746. The Morgan fingerprint density at radius 2 is 1.74 bits per heavy atom. The first kappa shape index (κ1) is 17.2. The average molecular weight is 352 g/mol. The van der Waals surface area contributed by atoms with Gasteiger partial charge in [0, 0.05) is 15.6 Å². The molecule has 0 aliphatic carbocycles. The minimum absolute atomic E-state index is 0.000633. The van der Waals surface area contributed by atoms with Gasteiger partial charge < -0.3 is 15.2 Å². The van der Waals surface area contributed by atoms with Crippen molar-refractivity contribution in [3.8, 4) is 5.75 Å². The Kier molecular flexibility index (Phi) is 6.31. The van der Waals surface area contributed by atoms with Crippen molar-refractivity contribution < 1.29 is 19.4 Å². The summed E-state index contributed by atoms with van der Waals surface area (Å²) in [5, 5.41) is 11.9. The van der Waals surface area contributed by atoms with E-state index < -0.39 is 5.97 Å². The Morgan fingerprint density at radius 3 is 2.35 bits per heavy atom. The second-order valence-electron chi connectivity index (χ2n) is 4.50. The molecule has 5 nitrogen and oxygen atoms in total. The third kappa shape index (κ3) is 6.22. The van der Waals surface area contributed by atoms with E-state index in [1.165, 1.54) is 11.8 Å². The molecule has 0 bridgehead atoms. The molecule has 0 aliphatic heterocycles. The number of hydrogen-bond donors (Lipinski definition) is 2. The lowest BCUT2D eigenvalue weighted by Crippen LogP contribution is -2.20. The van der Waals surface area contributed by atoms with Gasteiger partial charge in [-0.1, -0.05) is 11.6 Å². The first-order valence-electron chi connectivity index (χ1n) is 6.66. The van der Waals surface area contributed by atoms with E-state index in [0.717, 1.165) is 4.90 Å². The molecular formula is C16H14ClNO4S. The number of amides is 1. The van der Waals surface area contributed by atoms with E-state index in [9.17, 15) is 9.59 Å². The molecule has 0 unspecified atom stereocenters. The number of thioether (sulfide) groups is 1. The predicted octanol–water partition coefficient (Wildman–Crippen LogP) is 3.53. The number of ether oxygens (including phenoxy) is 1. The number of nitrogens with one attached hydrogen (secondary N) is 1. The number of carboxylic acid groups (broad SMARTS) is 1. The van der Waals surface area contributed by atoms with E-state index in [-0.39, 0.29) is 18.3 Å². The molecule has 120 valence electrons. The number of carbonyl (C=O) groups is 2. The van der Waals surface area contributed by atoms with Crippen molar-refractivity contribution in [1.29, 1.82) is 0 Å². The topological polar surface area (TPSA) is 75.6 Å². The van der Waals surface area contributed by atoms with Crippen molar-refractivity contribution >= 4 is 40.9 Å². The summed E-state index contributed by atoms with van der Waals surface area (Å²) in [6.07, 6.45) is 0. The third-order valence-electron chi connectivity index (χ3n) is 2.68. The summed E-state index contributed by atoms with van der Waals surface area (Å²) in [4.78, 5) is 23.1. The maximum Gasteiger partial charge on any atom is 0.313 e. The highest BCUT2D eigenvalue weighted by atomic mass is 35.5. The standard InChI is InChI=1S/C16H14ClNO4S/c17-11-1-5-13(6-2-11)22-9-15(19)18-12-3-7-14(8-4-12)23-10-16(20)21/h1-8H,9-10H2,(H,18,19)(H,20,21). The zero-order valence-electron chi connectivity index (χ0n) is 12.0. The first-order valence-corrected chi connectivity index (χ1v) is 8.02. The molecule has 2 aromatic carbocycles. The summed E-state index contributed by atoms with van der Waals surface area (Å²) in [7, 11) is 0. The minimum Gasteiger partial charge on any atom is -0.484 e. The van der Waals surface area contributed by atoms with Crippen LogP contribution in [0.25, 0.3) is 0 Å². The zero-order valence-corrected chi connectivity index (χ0v) is 13.6. The van der Waals surface area contributed by atoms with Crippen molar-refractivity contribution in [1.82, 2.24) is 0 Å². The molecule has 0 aliphatic rings. The van der Waals surface area contributed by atoms with Crippen LogP contribution in [0.4, 0.5) is 5.69 Å². The highest BCUT2D eigenvalue weighted by Gasteiger charge is 2.05. The van der Waals surface area contributed by atoms with Gasteiger partial charge in [0.2, 0.25) is 0 Å². The Morgan fingerprint density at radius 1 is 1.09 bits per heavy atom. The van der Waals surface area contributed by atoms with E-state index in [2.05, 4.69) is 5.32 Å². The minimum atomic E-state index is -0.869. The van der Waals surface area contributed by atoms with Crippen LogP contribution in [0.2, 0.25) is 5.02 Å². The number of benzene rings is 2. The van der Waals surface area contributed by atoms with Gasteiger partial charge in [-0.3, -0.25) is 9.59 Å². The summed E-state index contributed by atoms with van der Waals surface area (Å²) in [6.45, 7) is -0.114. The van der Waals surface area contributed by atoms with Gasteiger partial charge in [-0.05, 0) is 48.5 Å². The summed E-state index contributed by atoms with van der Waals surface area (Å²) < 4.78 is 5.34. The molecule has 0 fully saturated rings. The van der Waals surface area contributed by atoms with Crippen LogP contribution in [0.15, 0.2) is 53.4 Å². The van der Waals surface area contributed by atoms with Gasteiger partial charge in [-0.2, -0.15) is 0 Å².